The van der Waals surface area contributed by atoms with Gasteiger partial charge in [0.1, 0.15) is 11.9 Å². The Balaban J connectivity index is 1.90. The summed E-state index contributed by atoms with van der Waals surface area (Å²) in [5.41, 5.74) is 0.359. The molecule has 2 fully saturated rings. The van der Waals surface area contributed by atoms with E-state index in [-0.39, 0.29) is 36.1 Å². The molecule has 8 nitrogen and oxygen atoms in total. The second kappa shape index (κ2) is 11.7. The fraction of sp³-hybridized carbons (Fsp3) is 0.714. The van der Waals surface area contributed by atoms with Crippen molar-refractivity contribution >= 4 is 35.1 Å². The first-order valence-electron chi connectivity index (χ1n) is 13.2. The van der Waals surface area contributed by atoms with Crippen molar-refractivity contribution in [3.63, 3.8) is 0 Å². The van der Waals surface area contributed by atoms with Gasteiger partial charge in [0.15, 0.2) is 0 Å². The van der Waals surface area contributed by atoms with E-state index in [1.165, 1.54) is 11.3 Å². The van der Waals surface area contributed by atoms with Gasteiger partial charge in [-0.25, -0.2) is 4.98 Å². The Morgan fingerprint density at radius 3 is 2.46 bits per heavy atom. The minimum absolute atomic E-state index is 0.0146. The molecule has 1 aromatic rings. The number of cyclic esters (lactones) is 1. The van der Waals surface area contributed by atoms with Crippen LogP contribution in [0.3, 0.4) is 0 Å². The lowest BCUT2D eigenvalue weighted by atomic mass is 9.73. The van der Waals surface area contributed by atoms with Gasteiger partial charge in [-0.1, -0.05) is 34.1 Å². The van der Waals surface area contributed by atoms with Gasteiger partial charge in [-0.15, -0.1) is 11.3 Å². The molecule has 206 valence electrons. The number of carbonyl (C=O) groups is 3. The molecule has 0 aliphatic carbocycles. The standard InChI is InChI=1S/C28H42N2O6S/c1-15-9-8-10-21-22(30(21)19(5)31)12-23(16(2)11-20-14-37-18(4)29-20)36-25(33)13-24(32)28(6,7)27(35)17(3)26(15)34/h11,14-15,17,21-24,26,32,34H,8-10,12-13H2,1-7H3/t15-,17+,21+,22+,23-,24-,26-,30?/m1/s1. The van der Waals surface area contributed by atoms with Gasteiger partial charge in [0.25, 0.3) is 0 Å². The van der Waals surface area contributed by atoms with Crippen LogP contribution in [-0.4, -0.2) is 68.2 Å². The summed E-state index contributed by atoms with van der Waals surface area (Å²) >= 11 is 1.53. The lowest BCUT2D eigenvalue weighted by Crippen LogP contribution is -2.45. The molecule has 2 N–H and O–H groups in total. The second-order valence-electron chi connectivity index (χ2n) is 11.4. The van der Waals surface area contributed by atoms with Crippen LogP contribution in [-0.2, 0) is 19.1 Å². The van der Waals surface area contributed by atoms with E-state index in [0.29, 0.717) is 6.42 Å². The molecule has 3 rings (SSSR count). The molecule has 3 heterocycles. The van der Waals surface area contributed by atoms with Gasteiger partial charge in [-0.2, -0.15) is 0 Å². The molecule has 37 heavy (non-hydrogen) atoms. The van der Waals surface area contributed by atoms with Crippen molar-refractivity contribution in [1.82, 2.24) is 9.88 Å². The molecule has 0 bridgehead atoms. The van der Waals surface area contributed by atoms with Gasteiger partial charge < -0.3 is 19.8 Å². The number of nitrogens with zero attached hydrogens (tertiary/aromatic N) is 2. The van der Waals surface area contributed by atoms with E-state index >= 15 is 0 Å². The highest BCUT2D eigenvalue weighted by molar-refractivity contribution is 7.09. The number of amides is 1. The molecule has 2 saturated heterocycles. The summed E-state index contributed by atoms with van der Waals surface area (Å²) in [5, 5.41) is 24.6. The predicted octanol–water partition coefficient (Wildman–Crippen LogP) is 3.92. The van der Waals surface area contributed by atoms with E-state index < -0.39 is 35.6 Å². The third kappa shape index (κ3) is 6.86. The van der Waals surface area contributed by atoms with Crippen molar-refractivity contribution in [3.8, 4) is 0 Å². The molecule has 9 heteroatoms. The number of aliphatic hydroxyl groups excluding tert-OH is 2. The molecule has 0 saturated carbocycles. The number of ether oxygens (including phenoxy) is 1. The molecule has 2 aliphatic heterocycles. The molecule has 2 aliphatic rings. The Morgan fingerprint density at radius 1 is 1.19 bits per heavy atom. The molecule has 1 amide bonds. The highest BCUT2D eigenvalue weighted by Gasteiger charge is 2.50. The van der Waals surface area contributed by atoms with E-state index in [4.69, 9.17) is 4.74 Å². The fourth-order valence-corrected chi connectivity index (χ4v) is 6.13. The normalized spacial score (nSPS) is 34.0. The summed E-state index contributed by atoms with van der Waals surface area (Å²) in [6.07, 6.45) is 1.58. The third-order valence-electron chi connectivity index (χ3n) is 8.18. The zero-order valence-electron chi connectivity index (χ0n) is 23.1. The van der Waals surface area contributed by atoms with Crippen LogP contribution < -0.4 is 0 Å². The molecule has 0 aromatic carbocycles. The number of Topliss-reactive ketones (excluding diaryl/α,β-unsaturated/α-hetero) is 1. The molecular formula is C28H42N2O6S. The van der Waals surface area contributed by atoms with Crippen molar-refractivity contribution in [2.75, 3.05) is 0 Å². The summed E-state index contributed by atoms with van der Waals surface area (Å²) in [6.45, 7) is 12.2. The topological polar surface area (TPSA) is 117 Å². The maximum atomic E-state index is 13.3. The molecular weight excluding hydrogens is 492 g/mol. The lowest BCUT2D eigenvalue weighted by Gasteiger charge is -2.34. The van der Waals surface area contributed by atoms with Crippen LogP contribution in [0.4, 0.5) is 0 Å². The van der Waals surface area contributed by atoms with E-state index in [9.17, 15) is 24.6 Å². The number of aliphatic hydroxyl groups is 2. The predicted molar refractivity (Wildman–Crippen MR) is 143 cm³/mol. The van der Waals surface area contributed by atoms with Crippen LogP contribution in [0.2, 0.25) is 0 Å². The zero-order chi connectivity index (χ0) is 27.7. The number of aromatic nitrogens is 1. The molecule has 0 radical (unpaired) electrons. The van der Waals surface area contributed by atoms with Crippen LogP contribution in [0.5, 0.6) is 0 Å². The van der Waals surface area contributed by atoms with E-state index in [2.05, 4.69) is 4.98 Å². The number of hydrogen-bond acceptors (Lipinski definition) is 8. The first kappa shape index (κ1) is 29.5. The summed E-state index contributed by atoms with van der Waals surface area (Å²) in [7, 11) is 0. The van der Waals surface area contributed by atoms with E-state index in [1.807, 2.05) is 37.1 Å². The fourth-order valence-electron chi connectivity index (χ4n) is 5.56. The van der Waals surface area contributed by atoms with Crippen molar-refractivity contribution in [2.45, 2.75) is 111 Å². The molecule has 7 atom stereocenters. The summed E-state index contributed by atoms with van der Waals surface area (Å²) in [5.74, 6) is -1.71. The van der Waals surface area contributed by atoms with Crippen molar-refractivity contribution in [1.29, 1.82) is 0 Å². The number of ketones is 1. The number of aryl methyl sites for hydroxylation is 1. The number of rotatable bonds is 2. The number of thiazole rings is 1. The summed E-state index contributed by atoms with van der Waals surface area (Å²) in [6, 6.07) is -0.000307. The van der Waals surface area contributed by atoms with Gasteiger partial charge in [-0.3, -0.25) is 14.4 Å². The van der Waals surface area contributed by atoms with Crippen LogP contribution in [0, 0.1) is 24.2 Å². The first-order valence-corrected chi connectivity index (χ1v) is 14.1. The number of hydrogen-bond donors (Lipinski definition) is 2. The minimum Gasteiger partial charge on any atom is -0.458 e. The minimum atomic E-state index is -1.26. The Morgan fingerprint density at radius 2 is 1.86 bits per heavy atom. The number of fused-ring (bicyclic) bond motifs is 1. The SMILES string of the molecule is CC(=O)N1[C@H]2CCC[C@@H](C)[C@@H](O)[C@H](C)C(=O)C(C)(C)[C@H](O)CC(=O)O[C@@H](C(C)=Cc3csc(C)n3)C[C@@H]21. The van der Waals surface area contributed by atoms with Crippen molar-refractivity contribution in [2.24, 2.45) is 17.3 Å². The van der Waals surface area contributed by atoms with E-state index in [1.54, 1.807) is 27.7 Å². The average Bonchev–Trinajstić information content (AvgIpc) is 3.35. The Kier molecular flexibility index (Phi) is 9.35. The van der Waals surface area contributed by atoms with Gasteiger partial charge in [0.05, 0.1) is 46.8 Å². The average molecular weight is 535 g/mol. The summed E-state index contributed by atoms with van der Waals surface area (Å²) in [4.78, 5) is 44.9. The highest BCUT2D eigenvalue weighted by Crippen LogP contribution is 2.39. The Bertz CT molecular complexity index is 1030. The second-order valence-corrected chi connectivity index (χ2v) is 12.5. The number of carbonyl (C=O) groups excluding carboxylic acids is 3. The van der Waals surface area contributed by atoms with Crippen molar-refractivity contribution in [3.05, 3.63) is 21.7 Å². The van der Waals surface area contributed by atoms with Crippen LogP contribution >= 0.6 is 11.3 Å². The molecule has 0 unspecified atom stereocenters. The quantitative estimate of drug-likeness (QED) is 0.436. The van der Waals surface area contributed by atoms with Gasteiger partial charge in [0, 0.05) is 24.6 Å². The van der Waals surface area contributed by atoms with Gasteiger partial charge >= 0.3 is 5.97 Å². The van der Waals surface area contributed by atoms with Crippen LogP contribution in [0.25, 0.3) is 6.08 Å². The van der Waals surface area contributed by atoms with Crippen LogP contribution in [0.15, 0.2) is 11.0 Å². The molecule has 0 spiro atoms. The highest BCUT2D eigenvalue weighted by atomic mass is 32.1. The Labute approximate surface area is 224 Å². The Hall–Kier alpha value is -2.10. The zero-order valence-corrected chi connectivity index (χ0v) is 23.9. The van der Waals surface area contributed by atoms with Gasteiger partial charge in [-0.05, 0) is 44.3 Å². The van der Waals surface area contributed by atoms with Crippen molar-refractivity contribution < 1.29 is 29.3 Å². The maximum Gasteiger partial charge on any atom is 0.309 e. The first-order chi connectivity index (χ1) is 17.2. The summed E-state index contributed by atoms with van der Waals surface area (Å²) < 4.78 is 5.89. The number of esters is 1. The smallest absolute Gasteiger partial charge is 0.309 e. The van der Waals surface area contributed by atoms with Gasteiger partial charge in [0.2, 0.25) is 5.91 Å². The lowest BCUT2D eigenvalue weighted by molar-refractivity contribution is -0.154. The third-order valence-corrected chi connectivity index (χ3v) is 8.97. The maximum absolute atomic E-state index is 13.3. The largest absolute Gasteiger partial charge is 0.458 e. The molecule has 1 aromatic heterocycles. The monoisotopic (exact) mass is 534 g/mol. The van der Waals surface area contributed by atoms with E-state index in [0.717, 1.165) is 35.5 Å². The van der Waals surface area contributed by atoms with Crippen LogP contribution in [0.1, 0.15) is 84.3 Å².